The molecule has 2 rings (SSSR count). The van der Waals surface area contributed by atoms with E-state index in [0.29, 0.717) is 0 Å². The maximum absolute atomic E-state index is 12.2. The van der Waals surface area contributed by atoms with Crippen molar-refractivity contribution < 1.29 is 4.79 Å². The largest absolute Gasteiger partial charge is 0.327 e. The zero-order chi connectivity index (χ0) is 15.8. The molecule has 0 spiro atoms. The Morgan fingerprint density at radius 1 is 1.00 bits per heavy atom. The van der Waals surface area contributed by atoms with E-state index >= 15 is 0 Å². The fourth-order valence-electron chi connectivity index (χ4n) is 2.11. The molecule has 2 aromatic carbocycles. The molecule has 0 aromatic heterocycles. The molecule has 0 aliphatic heterocycles. The number of hydrogen-bond donors (Lipinski definition) is 2. The molecule has 2 N–H and O–H groups in total. The van der Waals surface area contributed by atoms with Gasteiger partial charge in [0.1, 0.15) is 0 Å². The molecule has 0 saturated heterocycles. The Morgan fingerprint density at radius 3 is 1.95 bits per heavy atom. The van der Waals surface area contributed by atoms with E-state index in [9.17, 15) is 4.79 Å². The summed E-state index contributed by atoms with van der Waals surface area (Å²) < 4.78 is 0. The summed E-state index contributed by atoms with van der Waals surface area (Å²) in [6.45, 7) is 4.05. The predicted molar refractivity (Wildman–Crippen MR) is 90.4 cm³/mol. The Morgan fingerprint density at radius 2 is 1.50 bits per heavy atom. The molecule has 0 radical (unpaired) electrons. The first kappa shape index (κ1) is 15.8. The standard InChI is InChI=1S/C19H22N2O/c1-3-15(2)14-20-19(22)21-18(16-10-6-4-7-11-16)17-12-8-5-9-13-17/h4-14,18H,3H2,1-2H3,(H2,20,21,22)/b15-14+. The molecule has 0 heterocycles. The number of amides is 2. The van der Waals surface area contributed by atoms with Crippen LogP contribution >= 0.6 is 0 Å². The molecule has 3 heteroatoms. The van der Waals surface area contributed by atoms with Gasteiger partial charge in [-0.05, 0) is 24.5 Å². The van der Waals surface area contributed by atoms with Crippen molar-refractivity contribution in [1.29, 1.82) is 0 Å². The second kappa shape index (κ2) is 8.03. The fourth-order valence-corrected chi connectivity index (χ4v) is 2.11. The number of rotatable bonds is 5. The van der Waals surface area contributed by atoms with Gasteiger partial charge in [-0.2, -0.15) is 0 Å². The van der Waals surface area contributed by atoms with Crippen molar-refractivity contribution in [3.63, 3.8) is 0 Å². The Kier molecular flexibility index (Phi) is 5.78. The van der Waals surface area contributed by atoms with Gasteiger partial charge in [0.2, 0.25) is 0 Å². The lowest BCUT2D eigenvalue weighted by Gasteiger charge is -2.19. The van der Waals surface area contributed by atoms with Gasteiger partial charge < -0.3 is 10.6 Å². The van der Waals surface area contributed by atoms with E-state index in [1.165, 1.54) is 0 Å². The van der Waals surface area contributed by atoms with Crippen LogP contribution in [0.3, 0.4) is 0 Å². The van der Waals surface area contributed by atoms with Gasteiger partial charge in [0.05, 0.1) is 6.04 Å². The molecular formula is C19H22N2O. The second-order valence-electron chi connectivity index (χ2n) is 5.22. The first-order valence-electron chi connectivity index (χ1n) is 7.53. The molecule has 0 fully saturated rings. The van der Waals surface area contributed by atoms with Crippen LogP contribution in [-0.2, 0) is 0 Å². The number of carbonyl (C=O) groups is 1. The fraction of sp³-hybridized carbons (Fsp3) is 0.211. The zero-order valence-corrected chi connectivity index (χ0v) is 13.0. The summed E-state index contributed by atoms with van der Waals surface area (Å²) in [6.07, 6.45) is 2.67. The van der Waals surface area contributed by atoms with Gasteiger partial charge in [-0.25, -0.2) is 4.79 Å². The van der Waals surface area contributed by atoms with Crippen molar-refractivity contribution in [2.75, 3.05) is 0 Å². The summed E-state index contributed by atoms with van der Waals surface area (Å²) in [5, 5.41) is 5.83. The summed E-state index contributed by atoms with van der Waals surface area (Å²) in [7, 11) is 0. The van der Waals surface area contributed by atoms with Crippen molar-refractivity contribution in [3.8, 4) is 0 Å². The van der Waals surface area contributed by atoms with Crippen LogP contribution in [0.25, 0.3) is 0 Å². The molecule has 0 aliphatic carbocycles. The number of benzene rings is 2. The average molecular weight is 294 g/mol. The van der Waals surface area contributed by atoms with Crippen LogP contribution < -0.4 is 10.6 Å². The molecular weight excluding hydrogens is 272 g/mol. The Labute approximate surface area is 132 Å². The van der Waals surface area contributed by atoms with Crippen LogP contribution in [-0.4, -0.2) is 6.03 Å². The minimum absolute atomic E-state index is 0.169. The van der Waals surface area contributed by atoms with Crippen molar-refractivity contribution in [1.82, 2.24) is 10.6 Å². The molecule has 0 saturated carbocycles. The van der Waals surface area contributed by atoms with Crippen LogP contribution in [0.2, 0.25) is 0 Å². The quantitative estimate of drug-likeness (QED) is 0.843. The highest BCUT2D eigenvalue weighted by molar-refractivity contribution is 5.76. The molecule has 2 aromatic rings. The molecule has 0 aliphatic rings. The van der Waals surface area contributed by atoms with Gasteiger partial charge in [0.25, 0.3) is 0 Å². The lowest BCUT2D eigenvalue weighted by Crippen LogP contribution is -2.36. The first-order valence-corrected chi connectivity index (χ1v) is 7.53. The lowest BCUT2D eigenvalue weighted by atomic mass is 9.99. The van der Waals surface area contributed by atoms with Crippen LogP contribution in [0.1, 0.15) is 37.4 Å². The van der Waals surface area contributed by atoms with Crippen LogP contribution in [0.4, 0.5) is 4.79 Å². The summed E-state index contributed by atoms with van der Waals surface area (Å²) in [5.74, 6) is 0. The van der Waals surface area contributed by atoms with E-state index < -0.39 is 0 Å². The minimum atomic E-state index is -0.203. The maximum Gasteiger partial charge on any atom is 0.319 e. The van der Waals surface area contributed by atoms with Crippen LogP contribution in [0.5, 0.6) is 0 Å². The molecule has 0 atom stereocenters. The van der Waals surface area contributed by atoms with Gasteiger partial charge in [-0.1, -0.05) is 73.2 Å². The van der Waals surface area contributed by atoms with Gasteiger partial charge in [-0.15, -0.1) is 0 Å². The van der Waals surface area contributed by atoms with Crippen molar-refractivity contribution in [2.45, 2.75) is 26.3 Å². The third-order valence-electron chi connectivity index (χ3n) is 3.55. The third-order valence-corrected chi connectivity index (χ3v) is 3.55. The van der Waals surface area contributed by atoms with Gasteiger partial charge in [-0.3, -0.25) is 0 Å². The van der Waals surface area contributed by atoms with Crippen molar-refractivity contribution >= 4 is 6.03 Å². The monoisotopic (exact) mass is 294 g/mol. The Bertz CT molecular complexity index is 581. The topological polar surface area (TPSA) is 41.1 Å². The summed E-state index contributed by atoms with van der Waals surface area (Å²) in [6, 6.07) is 19.6. The molecule has 22 heavy (non-hydrogen) atoms. The molecule has 0 unspecified atom stereocenters. The number of nitrogens with one attached hydrogen (secondary N) is 2. The molecule has 2 amide bonds. The van der Waals surface area contributed by atoms with E-state index in [4.69, 9.17) is 0 Å². The summed E-state index contributed by atoms with van der Waals surface area (Å²) >= 11 is 0. The van der Waals surface area contributed by atoms with Gasteiger partial charge >= 0.3 is 6.03 Å². The second-order valence-corrected chi connectivity index (χ2v) is 5.22. The van der Waals surface area contributed by atoms with Crippen LogP contribution in [0, 0.1) is 0 Å². The summed E-state index contributed by atoms with van der Waals surface area (Å²) in [4.78, 5) is 12.2. The SMILES string of the molecule is CC/C(C)=C/NC(=O)NC(c1ccccc1)c1ccccc1. The lowest BCUT2D eigenvalue weighted by molar-refractivity contribution is 0.242. The Balaban J connectivity index is 2.18. The molecule has 0 bridgehead atoms. The van der Waals surface area contributed by atoms with Crippen molar-refractivity contribution in [3.05, 3.63) is 83.6 Å². The van der Waals surface area contributed by atoms with E-state index in [1.54, 1.807) is 6.20 Å². The number of hydrogen-bond acceptors (Lipinski definition) is 1. The van der Waals surface area contributed by atoms with E-state index in [0.717, 1.165) is 23.1 Å². The van der Waals surface area contributed by atoms with Gasteiger partial charge in [0.15, 0.2) is 0 Å². The highest BCUT2D eigenvalue weighted by Gasteiger charge is 2.15. The highest BCUT2D eigenvalue weighted by Crippen LogP contribution is 2.21. The number of carbonyl (C=O) groups excluding carboxylic acids is 1. The average Bonchev–Trinajstić information content (AvgIpc) is 2.59. The number of urea groups is 1. The normalized spacial score (nSPS) is 11.3. The predicted octanol–water partition coefficient (Wildman–Crippen LogP) is 4.39. The zero-order valence-electron chi connectivity index (χ0n) is 13.0. The summed E-state index contributed by atoms with van der Waals surface area (Å²) in [5.41, 5.74) is 3.24. The Hall–Kier alpha value is -2.55. The third kappa shape index (κ3) is 4.48. The smallest absolute Gasteiger partial charge is 0.319 e. The molecule has 3 nitrogen and oxygen atoms in total. The van der Waals surface area contributed by atoms with E-state index in [-0.39, 0.29) is 12.1 Å². The van der Waals surface area contributed by atoms with Crippen molar-refractivity contribution in [2.24, 2.45) is 0 Å². The van der Waals surface area contributed by atoms with E-state index in [2.05, 4.69) is 17.6 Å². The molecule has 114 valence electrons. The van der Waals surface area contributed by atoms with Crippen LogP contribution in [0.15, 0.2) is 72.4 Å². The maximum atomic E-state index is 12.2. The number of allylic oxidation sites excluding steroid dienone is 1. The first-order chi connectivity index (χ1) is 10.7. The minimum Gasteiger partial charge on any atom is -0.327 e. The highest BCUT2D eigenvalue weighted by atomic mass is 16.2. The van der Waals surface area contributed by atoms with Gasteiger partial charge in [0, 0.05) is 6.20 Å². The van der Waals surface area contributed by atoms with E-state index in [1.807, 2.05) is 67.6 Å².